The summed E-state index contributed by atoms with van der Waals surface area (Å²) in [6.45, 7) is 3.98. The lowest BCUT2D eigenvalue weighted by Gasteiger charge is -2.02. The minimum Gasteiger partial charge on any atom is -0.466 e. The zero-order chi connectivity index (χ0) is 13.5. The van der Waals surface area contributed by atoms with Crippen molar-refractivity contribution in [3.63, 3.8) is 0 Å². The van der Waals surface area contributed by atoms with Crippen molar-refractivity contribution in [3.05, 3.63) is 30.1 Å². The van der Waals surface area contributed by atoms with Crippen molar-refractivity contribution in [2.45, 2.75) is 37.1 Å². The fourth-order valence-corrected chi connectivity index (χ4v) is 3.30. The van der Waals surface area contributed by atoms with Crippen molar-refractivity contribution in [1.29, 1.82) is 0 Å². The van der Waals surface area contributed by atoms with Crippen LogP contribution in [0.3, 0.4) is 0 Å². The smallest absolute Gasteiger partial charge is 0.295 e. The lowest BCUT2D eigenvalue weighted by Crippen LogP contribution is -2.04. The first-order valence-electron chi connectivity index (χ1n) is 6.26. The zero-order valence-corrected chi connectivity index (χ0v) is 12.7. The molecule has 0 spiro atoms. The van der Waals surface area contributed by atoms with E-state index < -0.39 is 0 Å². The van der Waals surface area contributed by atoms with Crippen LogP contribution in [0.25, 0.3) is 0 Å². The first kappa shape index (κ1) is 14.3. The van der Waals surface area contributed by atoms with Gasteiger partial charge in [-0.15, -0.1) is 5.10 Å². The van der Waals surface area contributed by atoms with Crippen LogP contribution in [0.4, 0.5) is 0 Å². The van der Waals surface area contributed by atoms with E-state index in [9.17, 15) is 0 Å². The number of aryl methyl sites for hydroxylation is 1. The van der Waals surface area contributed by atoms with Gasteiger partial charge in [-0.05, 0) is 49.7 Å². The van der Waals surface area contributed by atoms with E-state index in [1.165, 1.54) is 16.9 Å². The van der Waals surface area contributed by atoms with Gasteiger partial charge in [-0.1, -0.05) is 22.9 Å². The summed E-state index contributed by atoms with van der Waals surface area (Å²) in [6.07, 6.45) is 6.03. The second-order valence-electron chi connectivity index (χ2n) is 4.31. The number of rotatable bonds is 7. The fourth-order valence-electron chi connectivity index (χ4n) is 1.49. The van der Waals surface area contributed by atoms with Crippen LogP contribution in [0.15, 0.2) is 28.9 Å². The lowest BCUT2D eigenvalue weighted by atomic mass is 10.2. The molecule has 0 saturated heterocycles. The molecule has 4 nitrogen and oxygen atoms in total. The third kappa shape index (κ3) is 5.16. The van der Waals surface area contributed by atoms with E-state index in [0.29, 0.717) is 5.19 Å². The third-order valence-corrected chi connectivity index (χ3v) is 4.32. The maximum absolute atomic E-state index is 5.49. The fraction of sp³-hybridized carbons (Fsp3) is 0.462. The van der Waals surface area contributed by atoms with Crippen LogP contribution in [-0.2, 0) is 6.42 Å². The van der Waals surface area contributed by atoms with Gasteiger partial charge in [-0.3, -0.25) is 4.98 Å². The molecule has 0 saturated carbocycles. The van der Waals surface area contributed by atoms with E-state index in [1.807, 2.05) is 26.1 Å². The Kier molecular flexibility index (Phi) is 5.60. The highest BCUT2D eigenvalue weighted by Crippen LogP contribution is 2.28. The Balaban J connectivity index is 1.69. The van der Waals surface area contributed by atoms with Gasteiger partial charge in [0.25, 0.3) is 5.19 Å². The molecule has 0 aliphatic heterocycles. The molecule has 102 valence electrons. The largest absolute Gasteiger partial charge is 0.466 e. The number of pyridine rings is 1. The first-order chi connectivity index (χ1) is 9.24. The standard InChI is InChI=1S/C13H17N3OS2/c1-10(2)17-12-15-16-13(19-12)18-8-4-6-11-5-3-7-14-9-11/h3,5,7,9-10H,4,6,8H2,1-2H3. The third-order valence-electron chi connectivity index (χ3n) is 2.28. The van der Waals surface area contributed by atoms with E-state index >= 15 is 0 Å². The Morgan fingerprint density at radius 2 is 2.26 bits per heavy atom. The quantitative estimate of drug-likeness (QED) is 0.578. The Labute approximate surface area is 121 Å². The van der Waals surface area contributed by atoms with E-state index in [0.717, 1.165) is 22.9 Å². The maximum Gasteiger partial charge on any atom is 0.295 e. The highest BCUT2D eigenvalue weighted by molar-refractivity contribution is 8.01. The lowest BCUT2D eigenvalue weighted by molar-refractivity contribution is 0.239. The second-order valence-corrected chi connectivity index (χ2v) is 6.60. The summed E-state index contributed by atoms with van der Waals surface area (Å²) in [4.78, 5) is 4.11. The number of hydrogen-bond donors (Lipinski definition) is 0. The summed E-state index contributed by atoms with van der Waals surface area (Å²) in [6, 6.07) is 4.08. The average Bonchev–Trinajstić information content (AvgIpc) is 2.83. The first-order valence-corrected chi connectivity index (χ1v) is 8.06. The molecule has 2 aromatic heterocycles. The normalized spacial score (nSPS) is 10.9. The molecular weight excluding hydrogens is 278 g/mol. The van der Waals surface area contributed by atoms with Crippen LogP contribution in [0.1, 0.15) is 25.8 Å². The summed E-state index contributed by atoms with van der Waals surface area (Å²) >= 11 is 3.25. The Bertz CT molecular complexity index is 488. The van der Waals surface area contributed by atoms with E-state index in [2.05, 4.69) is 21.2 Å². The van der Waals surface area contributed by atoms with Gasteiger partial charge in [-0.2, -0.15) is 0 Å². The minimum absolute atomic E-state index is 0.149. The summed E-state index contributed by atoms with van der Waals surface area (Å²) < 4.78 is 6.47. The predicted molar refractivity (Wildman–Crippen MR) is 79.0 cm³/mol. The van der Waals surface area contributed by atoms with Gasteiger partial charge in [-0.25, -0.2) is 0 Å². The van der Waals surface area contributed by atoms with Gasteiger partial charge >= 0.3 is 0 Å². The highest BCUT2D eigenvalue weighted by Gasteiger charge is 2.07. The Morgan fingerprint density at radius 3 is 3.00 bits per heavy atom. The summed E-state index contributed by atoms with van der Waals surface area (Å²) in [7, 11) is 0. The van der Waals surface area contributed by atoms with Crippen molar-refractivity contribution in [3.8, 4) is 5.19 Å². The predicted octanol–water partition coefficient (Wildman–Crippen LogP) is 3.45. The number of nitrogens with zero attached hydrogens (tertiary/aromatic N) is 3. The Morgan fingerprint density at radius 1 is 1.37 bits per heavy atom. The molecule has 0 amide bonds. The van der Waals surface area contributed by atoms with Crippen molar-refractivity contribution in [2.24, 2.45) is 0 Å². The molecule has 0 aliphatic carbocycles. The monoisotopic (exact) mass is 295 g/mol. The molecular formula is C13H17N3OS2. The molecule has 0 fully saturated rings. The van der Waals surface area contributed by atoms with Crippen molar-refractivity contribution >= 4 is 23.1 Å². The van der Waals surface area contributed by atoms with Gasteiger partial charge in [0.05, 0.1) is 6.10 Å². The van der Waals surface area contributed by atoms with Gasteiger partial charge in [0.15, 0.2) is 4.34 Å². The van der Waals surface area contributed by atoms with E-state index in [1.54, 1.807) is 18.0 Å². The molecule has 0 atom stereocenters. The van der Waals surface area contributed by atoms with Gasteiger partial charge in [0.2, 0.25) is 0 Å². The van der Waals surface area contributed by atoms with Crippen molar-refractivity contribution in [2.75, 3.05) is 5.75 Å². The van der Waals surface area contributed by atoms with Crippen LogP contribution >= 0.6 is 23.1 Å². The molecule has 0 radical (unpaired) electrons. The maximum atomic E-state index is 5.49. The molecule has 6 heteroatoms. The number of hydrogen-bond acceptors (Lipinski definition) is 6. The van der Waals surface area contributed by atoms with Crippen LogP contribution < -0.4 is 4.74 Å². The van der Waals surface area contributed by atoms with E-state index in [-0.39, 0.29) is 6.10 Å². The van der Waals surface area contributed by atoms with Gasteiger partial charge in [0.1, 0.15) is 0 Å². The number of thioether (sulfide) groups is 1. The van der Waals surface area contributed by atoms with Gasteiger partial charge < -0.3 is 4.74 Å². The highest BCUT2D eigenvalue weighted by atomic mass is 32.2. The number of aromatic nitrogens is 3. The zero-order valence-electron chi connectivity index (χ0n) is 11.1. The van der Waals surface area contributed by atoms with Crippen LogP contribution in [-0.4, -0.2) is 27.0 Å². The topological polar surface area (TPSA) is 47.9 Å². The molecule has 0 bridgehead atoms. The van der Waals surface area contributed by atoms with Gasteiger partial charge in [0, 0.05) is 18.1 Å². The number of ether oxygens (including phenoxy) is 1. The molecule has 19 heavy (non-hydrogen) atoms. The van der Waals surface area contributed by atoms with E-state index in [4.69, 9.17) is 4.74 Å². The van der Waals surface area contributed by atoms with Crippen molar-refractivity contribution < 1.29 is 4.74 Å². The van der Waals surface area contributed by atoms with Crippen LogP contribution in [0.5, 0.6) is 5.19 Å². The molecule has 0 N–H and O–H groups in total. The molecule has 0 aliphatic rings. The second kappa shape index (κ2) is 7.45. The molecule has 2 rings (SSSR count). The molecule has 0 aromatic carbocycles. The summed E-state index contributed by atoms with van der Waals surface area (Å²) in [5, 5.41) is 8.77. The van der Waals surface area contributed by atoms with Crippen LogP contribution in [0, 0.1) is 0 Å². The summed E-state index contributed by atoms with van der Waals surface area (Å²) in [5.74, 6) is 1.03. The summed E-state index contributed by atoms with van der Waals surface area (Å²) in [5.41, 5.74) is 1.28. The SMILES string of the molecule is CC(C)Oc1nnc(SCCCc2cccnc2)s1. The minimum atomic E-state index is 0.149. The molecule has 2 aromatic rings. The average molecular weight is 295 g/mol. The van der Waals surface area contributed by atoms with Crippen LogP contribution in [0.2, 0.25) is 0 Å². The van der Waals surface area contributed by atoms with Crippen molar-refractivity contribution in [1.82, 2.24) is 15.2 Å². The molecule has 2 heterocycles. The Hall–Kier alpha value is -1.14. The molecule has 0 unspecified atom stereocenters.